The summed E-state index contributed by atoms with van der Waals surface area (Å²) in [7, 11) is 1.59. The van der Waals surface area contributed by atoms with Crippen molar-refractivity contribution in [3.05, 3.63) is 35.0 Å². The molecule has 17 heavy (non-hydrogen) atoms. The van der Waals surface area contributed by atoms with Crippen molar-refractivity contribution < 1.29 is 9.15 Å². The van der Waals surface area contributed by atoms with E-state index in [0.717, 1.165) is 5.69 Å². The number of nitrogens with two attached hydrogens (primary N) is 1. The van der Waals surface area contributed by atoms with E-state index in [-0.39, 0.29) is 0 Å². The van der Waals surface area contributed by atoms with Gasteiger partial charge in [0, 0.05) is 6.54 Å². The van der Waals surface area contributed by atoms with Gasteiger partial charge in [-0.25, -0.2) is 0 Å². The van der Waals surface area contributed by atoms with Gasteiger partial charge in [-0.2, -0.15) is 5.10 Å². The zero-order valence-corrected chi connectivity index (χ0v) is 10.4. The molecule has 92 valence electrons. The van der Waals surface area contributed by atoms with Crippen LogP contribution in [0.3, 0.4) is 0 Å². The van der Waals surface area contributed by atoms with Gasteiger partial charge in [0.1, 0.15) is 17.5 Å². The molecule has 0 spiro atoms. The predicted octanol–water partition coefficient (Wildman–Crippen LogP) is 2.21. The molecule has 0 aliphatic carbocycles. The second-order valence-corrected chi connectivity index (χ2v) is 3.91. The first kappa shape index (κ1) is 12.0. The number of hydrogen-bond donors (Lipinski definition) is 1. The highest BCUT2D eigenvalue weighted by Gasteiger charge is 2.22. The zero-order chi connectivity index (χ0) is 12.4. The number of aromatic nitrogens is 2. The molecule has 0 aliphatic rings. The summed E-state index contributed by atoms with van der Waals surface area (Å²) in [5.74, 6) is 1.23. The molecule has 2 heterocycles. The fraction of sp³-hybridized carbons (Fsp3) is 0.364. The van der Waals surface area contributed by atoms with E-state index in [1.165, 1.54) is 0 Å². The summed E-state index contributed by atoms with van der Waals surface area (Å²) in [6.07, 6.45) is 1.64. The summed E-state index contributed by atoms with van der Waals surface area (Å²) in [5, 5.41) is 4.51. The average Bonchev–Trinajstić information content (AvgIpc) is 2.93. The topological polar surface area (TPSA) is 66.2 Å². The molecule has 1 atom stereocenters. The summed E-state index contributed by atoms with van der Waals surface area (Å²) in [6.45, 7) is 2.69. The minimum Gasteiger partial charge on any atom is -0.493 e. The first-order valence-electron chi connectivity index (χ1n) is 5.27. The van der Waals surface area contributed by atoms with Crippen LogP contribution in [0.25, 0.3) is 0 Å². The Bertz CT molecular complexity index is 485. The van der Waals surface area contributed by atoms with Gasteiger partial charge in [0.2, 0.25) is 0 Å². The molecule has 0 aromatic carbocycles. The lowest BCUT2D eigenvalue weighted by atomic mass is 10.1. The lowest BCUT2D eigenvalue weighted by Crippen LogP contribution is -2.17. The second-order valence-electron chi connectivity index (χ2n) is 3.53. The van der Waals surface area contributed by atoms with Crippen molar-refractivity contribution in [3.8, 4) is 5.75 Å². The molecule has 5 nitrogen and oxygen atoms in total. The van der Waals surface area contributed by atoms with Crippen LogP contribution in [0.15, 0.2) is 22.7 Å². The summed E-state index contributed by atoms with van der Waals surface area (Å²) in [4.78, 5) is 0. The van der Waals surface area contributed by atoms with Gasteiger partial charge in [-0.3, -0.25) is 4.68 Å². The van der Waals surface area contributed by atoms with Crippen LogP contribution in [0, 0.1) is 0 Å². The number of halogens is 1. The van der Waals surface area contributed by atoms with Crippen LogP contribution >= 0.6 is 11.6 Å². The fourth-order valence-corrected chi connectivity index (χ4v) is 1.88. The van der Waals surface area contributed by atoms with Crippen LogP contribution in [0.2, 0.25) is 5.22 Å². The molecule has 2 aromatic rings. The third-order valence-corrected chi connectivity index (χ3v) is 2.76. The van der Waals surface area contributed by atoms with E-state index in [1.807, 2.05) is 6.92 Å². The molecule has 0 radical (unpaired) electrons. The Labute approximate surface area is 104 Å². The molecule has 0 saturated heterocycles. The Morgan fingerprint density at radius 1 is 1.59 bits per heavy atom. The van der Waals surface area contributed by atoms with Crippen molar-refractivity contribution in [3.63, 3.8) is 0 Å². The monoisotopic (exact) mass is 255 g/mol. The van der Waals surface area contributed by atoms with E-state index in [1.54, 1.807) is 30.1 Å². The van der Waals surface area contributed by atoms with Crippen molar-refractivity contribution in [2.45, 2.75) is 19.5 Å². The summed E-state index contributed by atoms with van der Waals surface area (Å²) < 4.78 is 12.3. The van der Waals surface area contributed by atoms with Crippen LogP contribution in [0.4, 0.5) is 0 Å². The smallest absolute Gasteiger partial charge is 0.193 e. The third-order valence-electron chi connectivity index (χ3n) is 2.56. The third kappa shape index (κ3) is 2.16. The van der Waals surface area contributed by atoms with Gasteiger partial charge >= 0.3 is 0 Å². The summed E-state index contributed by atoms with van der Waals surface area (Å²) >= 11 is 5.74. The second kappa shape index (κ2) is 4.81. The summed E-state index contributed by atoms with van der Waals surface area (Å²) in [5.41, 5.74) is 6.91. The molecule has 0 amide bonds. The van der Waals surface area contributed by atoms with Gasteiger partial charge in [-0.1, -0.05) is 0 Å². The lowest BCUT2D eigenvalue weighted by Gasteiger charge is -2.12. The van der Waals surface area contributed by atoms with Crippen molar-refractivity contribution in [1.82, 2.24) is 9.78 Å². The van der Waals surface area contributed by atoms with E-state index >= 15 is 0 Å². The number of methoxy groups -OCH3 is 1. The first-order chi connectivity index (χ1) is 8.17. The Balaban J connectivity index is 2.41. The molecule has 0 bridgehead atoms. The van der Waals surface area contributed by atoms with Gasteiger partial charge in [-0.15, -0.1) is 0 Å². The maximum absolute atomic E-state index is 6.13. The van der Waals surface area contributed by atoms with E-state index in [4.69, 9.17) is 26.5 Å². The van der Waals surface area contributed by atoms with Crippen molar-refractivity contribution in [2.75, 3.05) is 7.11 Å². The van der Waals surface area contributed by atoms with Gasteiger partial charge < -0.3 is 14.9 Å². The Morgan fingerprint density at radius 3 is 2.88 bits per heavy atom. The van der Waals surface area contributed by atoms with Crippen molar-refractivity contribution in [2.24, 2.45) is 5.73 Å². The molecular formula is C11H14ClN3O2. The highest BCUT2D eigenvalue weighted by Crippen LogP contribution is 2.30. The molecule has 0 saturated carbocycles. The van der Waals surface area contributed by atoms with E-state index in [0.29, 0.717) is 23.3 Å². The van der Waals surface area contributed by atoms with Crippen LogP contribution in [-0.4, -0.2) is 16.9 Å². The lowest BCUT2D eigenvalue weighted by molar-refractivity contribution is 0.398. The molecule has 1 unspecified atom stereocenters. The van der Waals surface area contributed by atoms with E-state index < -0.39 is 6.04 Å². The van der Waals surface area contributed by atoms with Crippen molar-refractivity contribution >= 4 is 11.6 Å². The van der Waals surface area contributed by atoms with E-state index in [2.05, 4.69) is 5.10 Å². The minimum absolute atomic E-state index is 0.317. The molecule has 2 N–H and O–H groups in total. The molecule has 0 fully saturated rings. The fourth-order valence-electron chi connectivity index (χ4n) is 1.73. The largest absolute Gasteiger partial charge is 0.493 e. The number of nitrogens with zero attached hydrogens (tertiary/aromatic N) is 2. The van der Waals surface area contributed by atoms with Gasteiger partial charge in [0.15, 0.2) is 11.0 Å². The Hall–Kier alpha value is -1.46. The van der Waals surface area contributed by atoms with Gasteiger partial charge in [0.05, 0.1) is 13.3 Å². The van der Waals surface area contributed by atoms with Crippen LogP contribution in [0.5, 0.6) is 5.75 Å². The number of rotatable bonds is 4. The van der Waals surface area contributed by atoms with E-state index in [9.17, 15) is 0 Å². The highest BCUT2D eigenvalue weighted by atomic mass is 35.5. The number of aryl methyl sites for hydroxylation is 1. The Kier molecular flexibility index (Phi) is 3.40. The standard InChI is InChI=1S/C11H14ClN3O2/c1-3-15-11(8(16-2)6-14-15)10(13)7-4-5-9(12)17-7/h4-6,10H,3,13H2,1-2H3. The highest BCUT2D eigenvalue weighted by molar-refractivity contribution is 6.28. The number of hydrogen-bond acceptors (Lipinski definition) is 4. The molecule has 6 heteroatoms. The SMILES string of the molecule is CCn1ncc(OC)c1C(N)c1ccc(Cl)o1. The minimum atomic E-state index is -0.445. The summed E-state index contributed by atoms with van der Waals surface area (Å²) in [6, 6.07) is 2.97. The molecule has 2 rings (SSSR count). The molecular weight excluding hydrogens is 242 g/mol. The molecule has 0 aliphatic heterocycles. The zero-order valence-electron chi connectivity index (χ0n) is 9.68. The Morgan fingerprint density at radius 2 is 2.35 bits per heavy atom. The number of furan rings is 1. The maximum Gasteiger partial charge on any atom is 0.193 e. The average molecular weight is 256 g/mol. The quantitative estimate of drug-likeness (QED) is 0.910. The van der Waals surface area contributed by atoms with Gasteiger partial charge in [0.25, 0.3) is 0 Å². The molecule has 2 aromatic heterocycles. The first-order valence-corrected chi connectivity index (χ1v) is 5.65. The van der Waals surface area contributed by atoms with Gasteiger partial charge in [-0.05, 0) is 30.7 Å². The predicted molar refractivity (Wildman–Crippen MR) is 64.2 cm³/mol. The van der Waals surface area contributed by atoms with Crippen molar-refractivity contribution in [1.29, 1.82) is 0 Å². The van der Waals surface area contributed by atoms with Crippen LogP contribution in [-0.2, 0) is 6.54 Å². The maximum atomic E-state index is 6.13. The van der Waals surface area contributed by atoms with Crippen LogP contribution < -0.4 is 10.5 Å². The number of ether oxygens (including phenoxy) is 1. The normalized spacial score (nSPS) is 12.7. The van der Waals surface area contributed by atoms with Crippen LogP contribution in [0.1, 0.15) is 24.4 Å².